The number of methoxy groups -OCH3 is 1. The minimum atomic E-state index is -0.664. The first-order valence-corrected chi connectivity index (χ1v) is 11.4. The van der Waals surface area contributed by atoms with Gasteiger partial charge in [0.25, 0.3) is 0 Å². The molecule has 1 amide bonds. The van der Waals surface area contributed by atoms with Crippen LogP contribution in [0.5, 0.6) is 5.75 Å². The predicted molar refractivity (Wildman–Crippen MR) is 131 cm³/mol. The average Bonchev–Trinajstić information content (AvgIpc) is 3.18. The number of amides is 1. The van der Waals surface area contributed by atoms with E-state index in [0.717, 1.165) is 33.0 Å². The van der Waals surface area contributed by atoms with Gasteiger partial charge in [0.1, 0.15) is 5.75 Å². The van der Waals surface area contributed by atoms with Crippen LogP contribution >= 0.6 is 22.9 Å². The van der Waals surface area contributed by atoms with E-state index in [-0.39, 0.29) is 12.3 Å². The predicted octanol–water partition coefficient (Wildman–Crippen LogP) is 5.15. The van der Waals surface area contributed by atoms with E-state index in [9.17, 15) is 9.70 Å². The molecule has 0 aliphatic heterocycles. The van der Waals surface area contributed by atoms with E-state index in [4.69, 9.17) is 16.3 Å². The van der Waals surface area contributed by atoms with Crippen LogP contribution in [0.4, 0.5) is 0 Å². The van der Waals surface area contributed by atoms with Crippen LogP contribution in [0.3, 0.4) is 0 Å². The van der Waals surface area contributed by atoms with Crippen molar-refractivity contribution in [2.75, 3.05) is 34.3 Å². The number of hydrogen-bond acceptors (Lipinski definition) is 6. The molecule has 0 bridgehead atoms. The summed E-state index contributed by atoms with van der Waals surface area (Å²) in [6.45, 7) is 1.34. The summed E-state index contributed by atoms with van der Waals surface area (Å²) in [5.74, 6) is 0.646. The van der Waals surface area contributed by atoms with E-state index in [1.54, 1.807) is 19.2 Å². The molecule has 32 heavy (non-hydrogen) atoms. The number of thiophene rings is 1. The highest BCUT2D eigenvalue weighted by atomic mass is 35.5. The van der Waals surface area contributed by atoms with Crippen LogP contribution in [-0.2, 0) is 11.2 Å². The summed E-state index contributed by atoms with van der Waals surface area (Å²) in [5.41, 5.74) is 2.57. The molecular weight excluding hydrogens is 446 g/mol. The van der Waals surface area contributed by atoms with E-state index in [0.29, 0.717) is 17.3 Å². The third-order valence-corrected chi connectivity index (χ3v) is 6.50. The van der Waals surface area contributed by atoms with Crippen LogP contribution < -0.4 is 10.1 Å². The van der Waals surface area contributed by atoms with E-state index in [1.165, 1.54) is 11.3 Å². The standard InChI is InChI=1S/C24H26ClN3O3S/c1-28(2)13-12-26-22(29)15-18-14-21(32-24(18)17-4-8-19(25)9-5-17)23(27-30)16-6-10-20(31-3)11-7-16/h4-11,14,23H,12-13,15H2,1-3H3,(H,26,29). The number of carbonyl (C=O) groups excluding carboxylic acids is 1. The Morgan fingerprint density at radius 1 is 1.16 bits per heavy atom. The molecule has 1 aromatic heterocycles. The molecule has 8 heteroatoms. The molecule has 0 aliphatic rings. The highest BCUT2D eigenvalue weighted by Crippen LogP contribution is 2.40. The molecule has 0 radical (unpaired) electrons. The zero-order chi connectivity index (χ0) is 23.1. The third-order valence-electron chi connectivity index (χ3n) is 4.97. The number of nitrogens with zero attached hydrogens (tertiary/aromatic N) is 2. The number of nitroso groups, excluding NO2 is 1. The Morgan fingerprint density at radius 3 is 2.44 bits per heavy atom. The lowest BCUT2D eigenvalue weighted by molar-refractivity contribution is -0.120. The fourth-order valence-electron chi connectivity index (χ4n) is 3.28. The maximum absolute atomic E-state index is 12.6. The van der Waals surface area contributed by atoms with Gasteiger partial charge in [0.05, 0.1) is 13.5 Å². The largest absolute Gasteiger partial charge is 0.497 e. The number of benzene rings is 2. The van der Waals surface area contributed by atoms with Crippen molar-refractivity contribution < 1.29 is 9.53 Å². The lowest BCUT2D eigenvalue weighted by Gasteiger charge is -2.10. The second-order valence-electron chi connectivity index (χ2n) is 7.62. The highest BCUT2D eigenvalue weighted by Gasteiger charge is 2.22. The van der Waals surface area contributed by atoms with Crippen LogP contribution in [0.25, 0.3) is 10.4 Å². The minimum Gasteiger partial charge on any atom is -0.497 e. The molecule has 0 saturated carbocycles. The fourth-order valence-corrected chi connectivity index (χ4v) is 4.65. The number of rotatable bonds is 10. The zero-order valence-corrected chi connectivity index (χ0v) is 19.9. The SMILES string of the molecule is COc1ccc(C(N=O)c2cc(CC(=O)NCCN(C)C)c(-c3ccc(Cl)cc3)s2)cc1. The van der Waals surface area contributed by atoms with Crippen molar-refractivity contribution in [2.24, 2.45) is 5.18 Å². The average molecular weight is 472 g/mol. The molecule has 3 rings (SSSR count). The Balaban J connectivity index is 1.92. The van der Waals surface area contributed by atoms with Crippen molar-refractivity contribution in [1.82, 2.24) is 10.2 Å². The Labute approximate surface area is 197 Å². The Kier molecular flexibility index (Phi) is 8.39. The topological polar surface area (TPSA) is 71.0 Å². The lowest BCUT2D eigenvalue weighted by Crippen LogP contribution is -2.32. The minimum absolute atomic E-state index is 0.0635. The summed E-state index contributed by atoms with van der Waals surface area (Å²) >= 11 is 7.53. The number of carbonyl (C=O) groups is 1. The van der Waals surface area contributed by atoms with Crippen molar-refractivity contribution in [3.8, 4) is 16.2 Å². The van der Waals surface area contributed by atoms with E-state index < -0.39 is 6.04 Å². The van der Waals surface area contributed by atoms with Crippen molar-refractivity contribution in [1.29, 1.82) is 0 Å². The summed E-state index contributed by atoms with van der Waals surface area (Å²) in [7, 11) is 5.52. The first-order chi connectivity index (χ1) is 15.4. The maximum atomic E-state index is 12.6. The molecule has 1 heterocycles. The number of likely N-dealkylation sites (N-methyl/N-ethyl adjacent to an activating group) is 1. The van der Waals surface area contributed by atoms with Crippen LogP contribution in [-0.4, -0.2) is 45.1 Å². The third kappa shape index (κ3) is 6.16. The summed E-state index contributed by atoms with van der Waals surface area (Å²) in [6.07, 6.45) is 0.218. The Hall–Kier alpha value is -2.74. The van der Waals surface area contributed by atoms with Gasteiger partial charge in [-0.05, 0) is 61.1 Å². The molecule has 0 fully saturated rings. The normalized spacial score (nSPS) is 11.9. The van der Waals surface area contributed by atoms with E-state index in [1.807, 2.05) is 61.5 Å². The Bertz CT molecular complexity index is 1050. The Morgan fingerprint density at radius 2 is 1.84 bits per heavy atom. The van der Waals surface area contributed by atoms with Crippen molar-refractivity contribution in [3.05, 3.63) is 80.5 Å². The summed E-state index contributed by atoms with van der Waals surface area (Å²) in [5, 5.41) is 6.98. The van der Waals surface area contributed by atoms with Crippen molar-refractivity contribution in [2.45, 2.75) is 12.5 Å². The summed E-state index contributed by atoms with van der Waals surface area (Å²) in [6, 6.07) is 16.0. The molecule has 2 aromatic carbocycles. The summed E-state index contributed by atoms with van der Waals surface area (Å²) < 4.78 is 5.21. The number of hydrogen-bond donors (Lipinski definition) is 1. The second-order valence-corrected chi connectivity index (χ2v) is 9.14. The van der Waals surface area contributed by atoms with E-state index >= 15 is 0 Å². The van der Waals surface area contributed by atoms with Crippen LogP contribution in [0, 0.1) is 4.91 Å². The molecule has 1 N–H and O–H groups in total. The molecule has 3 aromatic rings. The van der Waals surface area contributed by atoms with Gasteiger partial charge in [-0.3, -0.25) is 4.79 Å². The number of nitrogens with one attached hydrogen (secondary N) is 1. The molecule has 6 nitrogen and oxygen atoms in total. The first kappa shape index (κ1) is 23.9. The molecule has 168 valence electrons. The number of ether oxygens (including phenoxy) is 1. The van der Waals surface area contributed by atoms with Crippen LogP contribution in [0.15, 0.2) is 59.8 Å². The molecule has 0 aliphatic carbocycles. The molecule has 0 saturated heterocycles. The van der Waals surface area contributed by atoms with Gasteiger partial charge in [-0.25, -0.2) is 0 Å². The molecular formula is C24H26ClN3O3S. The smallest absolute Gasteiger partial charge is 0.224 e. The quantitative estimate of drug-likeness (QED) is 0.415. The van der Waals surface area contributed by atoms with Crippen LogP contribution in [0.1, 0.15) is 22.0 Å². The van der Waals surface area contributed by atoms with Gasteiger partial charge >= 0.3 is 0 Å². The van der Waals surface area contributed by atoms with Gasteiger partial charge in [0.2, 0.25) is 5.91 Å². The van der Waals surface area contributed by atoms with Gasteiger partial charge in [-0.15, -0.1) is 16.2 Å². The second kappa shape index (κ2) is 11.2. The van der Waals surface area contributed by atoms with Gasteiger partial charge in [0, 0.05) is 27.9 Å². The first-order valence-electron chi connectivity index (χ1n) is 10.2. The summed E-state index contributed by atoms with van der Waals surface area (Å²) in [4.78, 5) is 28.1. The van der Waals surface area contributed by atoms with Gasteiger partial charge in [-0.1, -0.05) is 41.0 Å². The van der Waals surface area contributed by atoms with Crippen molar-refractivity contribution >= 4 is 28.8 Å². The number of halogens is 1. The van der Waals surface area contributed by atoms with Gasteiger partial charge in [0.15, 0.2) is 6.04 Å². The molecule has 1 unspecified atom stereocenters. The van der Waals surface area contributed by atoms with Gasteiger partial charge in [-0.2, -0.15) is 0 Å². The molecule has 0 spiro atoms. The van der Waals surface area contributed by atoms with Crippen molar-refractivity contribution in [3.63, 3.8) is 0 Å². The zero-order valence-electron chi connectivity index (χ0n) is 18.3. The van der Waals surface area contributed by atoms with Gasteiger partial charge < -0.3 is 15.0 Å². The highest BCUT2D eigenvalue weighted by molar-refractivity contribution is 7.15. The monoisotopic (exact) mass is 471 g/mol. The fraction of sp³-hybridized carbons (Fsp3) is 0.292. The lowest BCUT2D eigenvalue weighted by atomic mass is 10.0. The molecule has 1 atom stereocenters. The maximum Gasteiger partial charge on any atom is 0.224 e. The van der Waals surface area contributed by atoms with Crippen LogP contribution in [0.2, 0.25) is 5.02 Å². The van der Waals surface area contributed by atoms with E-state index in [2.05, 4.69) is 10.5 Å².